The standard InChI is InChI=1S/C12H9F6NS/c13-11(14,15)10(12(16,17)18)20-6-7-5-19-9-4-2-1-3-8(7)9/h1-5,10,19H,6H2. The SMILES string of the molecule is FC(F)(F)C(SCc1c[nH]c2ccccc12)C(F)(F)F. The molecule has 0 saturated heterocycles. The Morgan fingerprint density at radius 1 is 1.00 bits per heavy atom. The second kappa shape index (κ2) is 5.23. The Hall–Kier alpha value is -1.31. The van der Waals surface area contributed by atoms with Gasteiger partial charge < -0.3 is 4.98 Å². The largest absolute Gasteiger partial charge is 0.409 e. The third-order valence-corrected chi connectivity index (χ3v) is 4.02. The molecule has 0 saturated carbocycles. The molecule has 0 aliphatic carbocycles. The summed E-state index contributed by atoms with van der Waals surface area (Å²) in [7, 11) is 0. The van der Waals surface area contributed by atoms with Crippen LogP contribution >= 0.6 is 11.8 Å². The van der Waals surface area contributed by atoms with Gasteiger partial charge in [-0.2, -0.15) is 26.3 Å². The first-order valence-electron chi connectivity index (χ1n) is 5.49. The normalized spacial score (nSPS) is 13.3. The molecule has 1 heterocycles. The lowest BCUT2D eigenvalue weighted by Crippen LogP contribution is -2.39. The number of alkyl halides is 6. The molecule has 0 bridgehead atoms. The first-order chi connectivity index (χ1) is 9.19. The molecule has 0 spiro atoms. The van der Waals surface area contributed by atoms with Crippen LogP contribution in [0.4, 0.5) is 26.3 Å². The van der Waals surface area contributed by atoms with Crippen LogP contribution in [0.25, 0.3) is 10.9 Å². The Bertz CT molecular complexity index is 571. The maximum absolute atomic E-state index is 12.4. The van der Waals surface area contributed by atoms with Gasteiger partial charge in [-0.15, -0.1) is 11.8 Å². The highest BCUT2D eigenvalue weighted by Crippen LogP contribution is 2.43. The van der Waals surface area contributed by atoms with Gasteiger partial charge in [0.2, 0.25) is 0 Å². The molecule has 0 unspecified atom stereocenters. The molecular weight excluding hydrogens is 304 g/mol. The number of rotatable bonds is 3. The van der Waals surface area contributed by atoms with Crippen LogP contribution in [0, 0.1) is 0 Å². The van der Waals surface area contributed by atoms with Crippen molar-refractivity contribution in [2.75, 3.05) is 0 Å². The molecule has 20 heavy (non-hydrogen) atoms. The molecule has 0 radical (unpaired) electrons. The summed E-state index contributed by atoms with van der Waals surface area (Å²) in [6, 6.07) is 6.76. The molecule has 110 valence electrons. The highest BCUT2D eigenvalue weighted by Gasteiger charge is 2.56. The zero-order valence-electron chi connectivity index (χ0n) is 9.85. The summed E-state index contributed by atoms with van der Waals surface area (Å²) >= 11 is -0.162. The quantitative estimate of drug-likeness (QED) is 0.797. The van der Waals surface area contributed by atoms with E-state index in [-0.39, 0.29) is 17.5 Å². The maximum atomic E-state index is 12.4. The van der Waals surface area contributed by atoms with E-state index in [0.717, 1.165) is 0 Å². The van der Waals surface area contributed by atoms with Crippen LogP contribution < -0.4 is 0 Å². The Labute approximate surface area is 114 Å². The average molecular weight is 313 g/mol. The minimum Gasteiger partial charge on any atom is -0.361 e. The molecule has 1 N–H and O–H groups in total. The molecule has 1 aromatic heterocycles. The van der Waals surface area contributed by atoms with Crippen molar-refractivity contribution >= 4 is 22.7 Å². The van der Waals surface area contributed by atoms with Crippen molar-refractivity contribution in [2.45, 2.75) is 23.4 Å². The number of nitrogens with one attached hydrogen (secondary N) is 1. The van der Waals surface area contributed by atoms with Crippen molar-refractivity contribution < 1.29 is 26.3 Å². The number of aromatic amines is 1. The summed E-state index contributed by atoms with van der Waals surface area (Å²) in [6.07, 6.45) is -9.19. The van der Waals surface area contributed by atoms with Crippen LogP contribution in [-0.2, 0) is 5.75 Å². The van der Waals surface area contributed by atoms with E-state index in [1.807, 2.05) is 0 Å². The van der Waals surface area contributed by atoms with E-state index < -0.39 is 17.6 Å². The fourth-order valence-corrected chi connectivity index (χ4v) is 2.76. The first-order valence-corrected chi connectivity index (χ1v) is 6.54. The fraction of sp³-hybridized carbons (Fsp3) is 0.333. The second-order valence-electron chi connectivity index (χ2n) is 4.13. The highest BCUT2D eigenvalue weighted by molar-refractivity contribution is 7.99. The summed E-state index contributed by atoms with van der Waals surface area (Å²) in [5, 5.41) is -2.74. The number of fused-ring (bicyclic) bond motifs is 1. The van der Waals surface area contributed by atoms with E-state index in [4.69, 9.17) is 0 Å². The van der Waals surface area contributed by atoms with Crippen molar-refractivity contribution in [3.8, 4) is 0 Å². The predicted octanol–water partition coefficient (Wildman–Crippen LogP) is 4.89. The Balaban J connectivity index is 2.18. The fourth-order valence-electron chi connectivity index (χ4n) is 1.80. The average Bonchev–Trinajstić information content (AvgIpc) is 2.69. The summed E-state index contributed by atoms with van der Waals surface area (Å²) < 4.78 is 74.5. The number of hydrogen-bond donors (Lipinski definition) is 1. The molecule has 0 atom stereocenters. The predicted molar refractivity (Wildman–Crippen MR) is 65.5 cm³/mol. The zero-order chi connectivity index (χ0) is 15.0. The van der Waals surface area contributed by atoms with Crippen LogP contribution in [0.3, 0.4) is 0 Å². The van der Waals surface area contributed by atoms with Gasteiger partial charge in [0.25, 0.3) is 0 Å². The summed E-state index contributed by atoms with van der Waals surface area (Å²) in [5.41, 5.74) is 1.10. The first kappa shape index (κ1) is 15.1. The number of hydrogen-bond acceptors (Lipinski definition) is 1. The molecule has 2 aromatic rings. The van der Waals surface area contributed by atoms with Crippen LogP contribution in [0.1, 0.15) is 5.56 Å². The van der Waals surface area contributed by atoms with Gasteiger partial charge in [0, 0.05) is 22.9 Å². The molecule has 0 amide bonds. The number of benzene rings is 1. The zero-order valence-corrected chi connectivity index (χ0v) is 10.7. The van der Waals surface area contributed by atoms with Gasteiger partial charge in [0.15, 0.2) is 5.25 Å². The minimum atomic E-state index is -5.31. The Morgan fingerprint density at radius 3 is 2.20 bits per heavy atom. The van der Waals surface area contributed by atoms with Crippen molar-refractivity contribution in [1.29, 1.82) is 0 Å². The van der Waals surface area contributed by atoms with E-state index in [1.165, 1.54) is 6.20 Å². The number of H-pyrrole nitrogens is 1. The molecule has 2 rings (SSSR count). The number of para-hydroxylation sites is 1. The topological polar surface area (TPSA) is 15.8 Å². The van der Waals surface area contributed by atoms with E-state index in [2.05, 4.69) is 4.98 Å². The number of aromatic nitrogens is 1. The number of thioether (sulfide) groups is 1. The molecule has 1 nitrogen and oxygen atoms in total. The third-order valence-electron chi connectivity index (χ3n) is 2.68. The summed E-state index contributed by atoms with van der Waals surface area (Å²) in [4.78, 5) is 2.81. The van der Waals surface area contributed by atoms with Crippen molar-refractivity contribution in [1.82, 2.24) is 4.98 Å². The smallest absolute Gasteiger partial charge is 0.361 e. The lowest BCUT2D eigenvalue weighted by molar-refractivity contribution is -0.224. The molecule has 0 aliphatic heterocycles. The van der Waals surface area contributed by atoms with E-state index in [1.54, 1.807) is 24.3 Å². The molecule has 0 aliphatic rings. The van der Waals surface area contributed by atoms with Gasteiger partial charge in [-0.05, 0) is 11.6 Å². The minimum absolute atomic E-state index is 0.162. The second-order valence-corrected chi connectivity index (χ2v) is 5.23. The lowest BCUT2D eigenvalue weighted by Gasteiger charge is -2.22. The highest BCUT2D eigenvalue weighted by atomic mass is 32.2. The third kappa shape index (κ3) is 3.23. The van der Waals surface area contributed by atoms with Crippen molar-refractivity contribution in [2.24, 2.45) is 0 Å². The van der Waals surface area contributed by atoms with Crippen LogP contribution in [0.2, 0.25) is 0 Å². The van der Waals surface area contributed by atoms with E-state index in [0.29, 0.717) is 16.5 Å². The maximum Gasteiger partial charge on any atom is 0.409 e. The van der Waals surface area contributed by atoms with Crippen molar-refractivity contribution in [3.63, 3.8) is 0 Å². The van der Waals surface area contributed by atoms with Gasteiger partial charge in [-0.3, -0.25) is 0 Å². The summed E-state index contributed by atoms with van der Waals surface area (Å²) in [6.45, 7) is 0. The summed E-state index contributed by atoms with van der Waals surface area (Å²) in [5.74, 6) is -0.367. The van der Waals surface area contributed by atoms with Crippen LogP contribution in [-0.4, -0.2) is 22.6 Å². The number of halogens is 6. The van der Waals surface area contributed by atoms with E-state index in [9.17, 15) is 26.3 Å². The van der Waals surface area contributed by atoms with Gasteiger partial charge in [0.1, 0.15) is 0 Å². The van der Waals surface area contributed by atoms with Gasteiger partial charge in [-0.1, -0.05) is 18.2 Å². The van der Waals surface area contributed by atoms with Crippen LogP contribution in [0.15, 0.2) is 30.5 Å². The molecular formula is C12H9F6NS. The monoisotopic (exact) mass is 313 g/mol. The van der Waals surface area contributed by atoms with Gasteiger partial charge in [-0.25, -0.2) is 0 Å². The Morgan fingerprint density at radius 2 is 1.60 bits per heavy atom. The molecule has 0 fully saturated rings. The van der Waals surface area contributed by atoms with E-state index >= 15 is 0 Å². The molecule has 8 heteroatoms. The van der Waals surface area contributed by atoms with Crippen molar-refractivity contribution in [3.05, 3.63) is 36.0 Å². The van der Waals surface area contributed by atoms with Gasteiger partial charge >= 0.3 is 12.4 Å². The van der Waals surface area contributed by atoms with Gasteiger partial charge in [0.05, 0.1) is 0 Å². The molecule has 1 aromatic carbocycles. The Kier molecular flexibility index (Phi) is 3.95. The lowest BCUT2D eigenvalue weighted by atomic mass is 10.2. The van der Waals surface area contributed by atoms with Crippen LogP contribution in [0.5, 0.6) is 0 Å².